The normalized spacial score (nSPS) is 13.4. The van der Waals surface area contributed by atoms with Gasteiger partial charge in [-0.3, -0.25) is 0 Å². The molecule has 0 aliphatic carbocycles. The highest BCUT2D eigenvalue weighted by molar-refractivity contribution is 4.56. The maximum Gasteiger partial charge on any atom is -0.0420 e. The van der Waals surface area contributed by atoms with Crippen LogP contribution >= 0.6 is 0 Å². The zero-order valence-corrected chi connectivity index (χ0v) is 11.5. The number of hydrogen-bond donors (Lipinski definition) is 0. The highest BCUT2D eigenvalue weighted by Crippen LogP contribution is 2.18. The SMILES string of the molecule is CCC(C)CCCCCCC(CC)CC. The van der Waals surface area contributed by atoms with Crippen molar-refractivity contribution in [2.24, 2.45) is 11.8 Å². The average Bonchev–Trinajstić information content (AvgIpc) is 2.28. The fraction of sp³-hybridized carbons (Fsp3) is 1.00. The molecular formula is C15H32. The Kier molecular flexibility index (Phi) is 10.5. The first-order chi connectivity index (χ1) is 7.24. The summed E-state index contributed by atoms with van der Waals surface area (Å²) in [6, 6.07) is 0. The number of hydrogen-bond acceptors (Lipinski definition) is 0. The number of unbranched alkanes of at least 4 members (excludes halogenated alkanes) is 3. The standard InChI is InChI=1S/C15H32/c1-5-14(4)12-10-8-9-11-13-15(6-2)7-3/h14-15H,5-13H2,1-4H3. The highest BCUT2D eigenvalue weighted by Gasteiger charge is 2.02. The van der Waals surface area contributed by atoms with Crippen molar-refractivity contribution in [3.63, 3.8) is 0 Å². The molecule has 0 rings (SSSR count). The second-order valence-electron chi connectivity index (χ2n) is 5.19. The van der Waals surface area contributed by atoms with E-state index in [9.17, 15) is 0 Å². The van der Waals surface area contributed by atoms with Gasteiger partial charge in [-0.1, -0.05) is 85.5 Å². The lowest BCUT2D eigenvalue weighted by atomic mass is 9.95. The molecule has 0 spiro atoms. The molecule has 0 aliphatic rings. The molecule has 0 nitrogen and oxygen atoms in total. The van der Waals surface area contributed by atoms with E-state index in [1.165, 1.54) is 57.8 Å². The molecule has 0 heterocycles. The predicted molar refractivity (Wildman–Crippen MR) is 71.2 cm³/mol. The van der Waals surface area contributed by atoms with E-state index in [-0.39, 0.29) is 0 Å². The van der Waals surface area contributed by atoms with Crippen LogP contribution in [0.4, 0.5) is 0 Å². The molecule has 0 amide bonds. The topological polar surface area (TPSA) is 0 Å². The molecule has 0 saturated heterocycles. The molecule has 0 N–H and O–H groups in total. The zero-order valence-electron chi connectivity index (χ0n) is 11.5. The van der Waals surface area contributed by atoms with Crippen LogP contribution in [0.5, 0.6) is 0 Å². The molecule has 0 aromatic rings. The Morgan fingerprint density at radius 2 is 1.20 bits per heavy atom. The molecule has 92 valence electrons. The predicted octanol–water partition coefficient (Wildman–Crippen LogP) is 5.81. The molecular weight excluding hydrogens is 180 g/mol. The van der Waals surface area contributed by atoms with E-state index < -0.39 is 0 Å². The zero-order chi connectivity index (χ0) is 11.5. The van der Waals surface area contributed by atoms with Gasteiger partial charge in [-0.25, -0.2) is 0 Å². The molecule has 0 bridgehead atoms. The molecule has 0 aromatic heterocycles. The minimum Gasteiger partial charge on any atom is -0.0651 e. The molecule has 1 unspecified atom stereocenters. The van der Waals surface area contributed by atoms with Gasteiger partial charge in [-0.2, -0.15) is 0 Å². The Labute approximate surface area is 97.8 Å². The Hall–Kier alpha value is 0. The van der Waals surface area contributed by atoms with Gasteiger partial charge < -0.3 is 0 Å². The van der Waals surface area contributed by atoms with Crippen LogP contribution in [0, 0.1) is 11.8 Å². The van der Waals surface area contributed by atoms with Crippen molar-refractivity contribution < 1.29 is 0 Å². The first kappa shape index (κ1) is 15.0. The summed E-state index contributed by atoms with van der Waals surface area (Å²) in [6.07, 6.45) is 12.9. The van der Waals surface area contributed by atoms with Crippen molar-refractivity contribution >= 4 is 0 Å². The summed E-state index contributed by atoms with van der Waals surface area (Å²) in [5.41, 5.74) is 0. The third kappa shape index (κ3) is 8.96. The van der Waals surface area contributed by atoms with E-state index >= 15 is 0 Å². The van der Waals surface area contributed by atoms with Crippen molar-refractivity contribution in [3.05, 3.63) is 0 Å². The molecule has 0 aromatic carbocycles. The fourth-order valence-electron chi connectivity index (χ4n) is 2.18. The van der Waals surface area contributed by atoms with Gasteiger partial charge in [0.25, 0.3) is 0 Å². The monoisotopic (exact) mass is 212 g/mol. The Bertz CT molecular complexity index is 113. The van der Waals surface area contributed by atoms with Gasteiger partial charge in [0.15, 0.2) is 0 Å². The van der Waals surface area contributed by atoms with Crippen LogP contribution in [0.2, 0.25) is 0 Å². The fourth-order valence-corrected chi connectivity index (χ4v) is 2.18. The van der Waals surface area contributed by atoms with Gasteiger partial charge in [0.2, 0.25) is 0 Å². The summed E-state index contributed by atoms with van der Waals surface area (Å²) in [4.78, 5) is 0. The van der Waals surface area contributed by atoms with Crippen LogP contribution in [0.25, 0.3) is 0 Å². The molecule has 0 aliphatic heterocycles. The molecule has 0 fully saturated rings. The molecule has 0 saturated carbocycles. The van der Waals surface area contributed by atoms with Crippen molar-refractivity contribution in [2.75, 3.05) is 0 Å². The maximum atomic E-state index is 2.38. The van der Waals surface area contributed by atoms with E-state index in [2.05, 4.69) is 27.7 Å². The van der Waals surface area contributed by atoms with Crippen molar-refractivity contribution in [3.8, 4) is 0 Å². The molecule has 0 radical (unpaired) electrons. The average molecular weight is 212 g/mol. The quantitative estimate of drug-likeness (QED) is 0.401. The third-order valence-electron chi connectivity index (χ3n) is 3.91. The lowest BCUT2D eigenvalue weighted by molar-refractivity contribution is 0.418. The van der Waals surface area contributed by atoms with E-state index in [1.54, 1.807) is 0 Å². The Balaban J connectivity index is 3.17. The maximum absolute atomic E-state index is 2.38. The van der Waals surface area contributed by atoms with Crippen LogP contribution in [-0.4, -0.2) is 0 Å². The summed E-state index contributed by atoms with van der Waals surface area (Å²) >= 11 is 0. The summed E-state index contributed by atoms with van der Waals surface area (Å²) < 4.78 is 0. The van der Waals surface area contributed by atoms with Crippen LogP contribution in [0.3, 0.4) is 0 Å². The first-order valence-corrected chi connectivity index (χ1v) is 7.24. The summed E-state index contributed by atoms with van der Waals surface area (Å²) in [6.45, 7) is 9.34. The minimum atomic E-state index is 0.948. The summed E-state index contributed by atoms with van der Waals surface area (Å²) in [5, 5.41) is 0. The van der Waals surface area contributed by atoms with Crippen molar-refractivity contribution in [1.82, 2.24) is 0 Å². The van der Waals surface area contributed by atoms with Crippen LogP contribution in [0.1, 0.15) is 85.5 Å². The van der Waals surface area contributed by atoms with Gasteiger partial charge in [0, 0.05) is 0 Å². The molecule has 15 heavy (non-hydrogen) atoms. The largest absolute Gasteiger partial charge is 0.0651 e. The second kappa shape index (κ2) is 10.5. The van der Waals surface area contributed by atoms with Gasteiger partial charge in [0.05, 0.1) is 0 Å². The molecule has 1 atom stereocenters. The lowest BCUT2D eigenvalue weighted by Crippen LogP contribution is -1.96. The van der Waals surface area contributed by atoms with Crippen molar-refractivity contribution in [2.45, 2.75) is 85.5 Å². The first-order valence-electron chi connectivity index (χ1n) is 7.24. The highest BCUT2D eigenvalue weighted by atomic mass is 14.1. The summed E-state index contributed by atoms with van der Waals surface area (Å²) in [5.74, 6) is 1.95. The Morgan fingerprint density at radius 3 is 1.67 bits per heavy atom. The van der Waals surface area contributed by atoms with Crippen LogP contribution < -0.4 is 0 Å². The Morgan fingerprint density at radius 1 is 0.667 bits per heavy atom. The third-order valence-corrected chi connectivity index (χ3v) is 3.91. The van der Waals surface area contributed by atoms with E-state index in [1.807, 2.05) is 0 Å². The van der Waals surface area contributed by atoms with Gasteiger partial charge in [0.1, 0.15) is 0 Å². The van der Waals surface area contributed by atoms with Crippen LogP contribution in [0.15, 0.2) is 0 Å². The van der Waals surface area contributed by atoms with Crippen LogP contribution in [-0.2, 0) is 0 Å². The molecule has 0 heteroatoms. The van der Waals surface area contributed by atoms with Gasteiger partial charge >= 0.3 is 0 Å². The number of rotatable bonds is 10. The van der Waals surface area contributed by atoms with Gasteiger partial charge in [-0.05, 0) is 11.8 Å². The second-order valence-corrected chi connectivity index (χ2v) is 5.19. The van der Waals surface area contributed by atoms with Crippen molar-refractivity contribution in [1.29, 1.82) is 0 Å². The van der Waals surface area contributed by atoms with Gasteiger partial charge in [-0.15, -0.1) is 0 Å². The van der Waals surface area contributed by atoms with E-state index in [0.717, 1.165) is 11.8 Å². The lowest BCUT2D eigenvalue weighted by Gasteiger charge is -2.12. The summed E-state index contributed by atoms with van der Waals surface area (Å²) in [7, 11) is 0. The van der Waals surface area contributed by atoms with E-state index in [4.69, 9.17) is 0 Å². The minimum absolute atomic E-state index is 0.948. The van der Waals surface area contributed by atoms with E-state index in [0.29, 0.717) is 0 Å². The smallest absolute Gasteiger partial charge is 0.0420 e.